The summed E-state index contributed by atoms with van der Waals surface area (Å²) in [6, 6.07) is 11.5. The number of nitrogens with one attached hydrogen (secondary N) is 1. The van der Waals surface area contributed by atoms with Crippen LogP contribution in [-0.2, 0) is 7.05 Å². The van der Waals surface area contributed by atoms with Gasteiger partial charge in [0.2, 0.25) is 0 Å². The molecule has 0 aliphatic carbocycles. The molecule has 7 heteroatoms. The number of fused-ring (bicyclic) bond motifs is 2. The number of thioether (sulfide) groups is 1. The van der Waals surface area contributed by atoms with Gasteiger partial charge < -0.3 is 10.1 Å². The lowest BCUT2D eigenvalue weighted by Crippen LogP contribution is -2.47. The molecule has 1 N–H and O–H groups in total. The zero-order valence-corrected chi connectivity index (χ0v) is 20.5. The third kappa shape index (κ3) is 5.31. The summed E-state index contributed by atoms with van der Waals surface area (Å²) in [5.74, 6) is 3.25. The number of carbonyl (C=O) groups excluding carboxylic acids is 1. The van der Waals surface area contributed by atoms with Gasteiger partial charge in [-0.2, -0.15) is 5.10 Å². The zero-order chi connectivity index (χ0) is 22.7. The van der Waals surface area contributed by atoms with Gasteiger partial charge in [0.05, 0.1) is 12.8 Å². The molecule has 6 nitrogen and oxygen atoms in total. The van der Waals surface area contributed by atoms with Crippen LogP contribution in [0.3, 0.4) is 0 Å². The minimum Gasteiger partial charge on any atom is -0.496 e. The number of piperidine rings is 1. The molecule has 2 aliphatic heterocycles. The lowest BCUT2D eigenvalue weighted by atomic mass is 9.90. The van der Waals surface area contributed by atoms with Crippen molar-refractivity contribution in [3.8, 4) is 5.75 Å². The predicted octanol–water partition coefficient (Wildman–Crippen LogP) is 4.14. The van der Waals surface area contributed by atoms with E-state index in [4.69, 9.17) is 4.74 Å². The second-order valence-electron chi connectivity index (χ2n) is 9.49. The van der Waals surface area contributed by atoms with Gasteiger partial charge in [-0.05, 0) is 62.6 Å². The van der Waals surface area contributed by atoms with Crippen LogP contribution in [0.25, 0.3) is 0 Å². The molecule has 0 radical (unpaired) electrons. The van der Waals surface area contributed by atoms with E-state index in [1.54, 1.807) is 11.8 Å². The third-order valence-corrected chi connectivity index (χ3v) is 8.27. The van der Waals surface area contributed by atoms with E-state index in [0.717, 1.165) is 30.3 Å². The minimum absolute atomic E-state index is 0.00939. The smallest absolute Gasteiger partial charge is 0.269 e. The van der Waals surface area contributed by atoms with Crippen LogP contribution in [0.2, 0.25) is 0 Å². The van der Waals surface area contributed by atoms with Gasteiger partial charge in [0, 0.05) is 42.9 Å². The lowest BCUT2D eigenvalue weighted by molar-refractivity contribution is 0.0827. The van der Waals surface area contributed by atoms with Crippen molar-refractivity contribution in [2.45, 2.75) is 56.5 Å². The number of rotatable bonds is 9. The number of carbonyl (C=O) groups is 1. The van der Waals surface area contributed by atoms with Gasteiger partial charge >= 0.3 is 0 Å². The highest BCUT2D eigenvalue weighted by molar-refractivity contribution is 7.99. The van der Waals surface area contributed by atoms with Crippen molar-refractivity contribution >= 4 is 17.7 Å². The summed E-state index contributed by atoms with van der Waals surface area (Å²) in [6.45, 7) is 6.21. The van der Waals surface area contributed by atoms with E-state index >= 15 is 0 Å². The number of hydrogen-bond acceptors (Lipinski definition) is 5. The van der Waals surface area contributed by atoms with Crippen molar-refractivity contribution in [1.29, 1.82) is 0 Å². The molecule has 2 aromatic rings. The average Bonchev–Trinajstić information content (AvgIpc) is 3.23. The van der Waals surface area contributed by atoms with E-state index in [1.165, 1.54) is 30.6 Å². The summed E-state index contributed by atoms with van der Waals surface area (Å²) < 4.78 is 7.16. The SMILES string of the molecule is COc1ccccc1SC[C@@H](C)CN1[C@@H]2CC[C@H]1C[C@H](CNC(=O)c1cc(C)nn1C)C2. The standard InChI is InChI=1S/C25H36N4O2S/c1-17(16-32-24-8-6-5-7-23(24)31-4)15-29-20-9-10-21(29)13-19(12-20)14-26-25(30)22-11-18(2)27-28(22)3/h5-8,11,17,19-21H,9-10,12-16H2,1-4H3,(H,26,30)/t17-,19-,20-,21+/m0/s1. The molecule has 174 valence electrons. The first kappa shape index (κ1) is 23.2. The molecule has 2 saturated heterocycles. The van der Waals surface area contributed by atoms with Gasteiger partial charge in [0.1, 0.15) is 11.4 Å². The summed E-state index contributed by atoms with van der Waals surface area (Å²) in [6.07, 6.45) is 4.96. The maximum absolute atomic E-state index is 12.6. The van der Waals surface area contributed by atoms with Crippen molar-refractivity contribution in [2.75, 3.05) is 26.0 Å². The molecule has 2 bridgehead atoms. The van der Waals surface area contributed by atoms with Crippen LogP contribution in [-0.4, -0.2) is 58.6 Å². The fourth-order valence-electron chi connectivity index (χ4n) is 5.39. The van der Waals surface area contributed by atoms with E-state index in [-0.39, 0.29) is 5.91 Å². The molecular weight excluding hydrogens is 420 g/mol. The zero-order valence-electron chi connectivity index (χ0n) is 19.7. The summed E-state index contributed by atoms with van der Waals surface area (Å²) in [5.41, 5.74) is 1.52. The molecule has 2 aliphatic rings. The number of hydrogen-bond donors (Lipinski definition) is 1. The number of ether oxygens (including phenoxy) is 1. The van der Waals surface area contributed by atoms with Gasteiger partial charge in [-0.3, -0.25) is 14.4 Å². The fraction of sp³-hybridized carbons (Fsp3) is 0.600. The Morgan fingerprint density at radius 2 is 2.00 bits per heavy atom. The van der Waals surface area contributed by atoms with Crippen molar-refractivity contribution in [1.82, 2.24) is 20.0 Å². The number of amides is 1. The van der Waals surface area contributed by atoms with Crippen LogP contribution in [0.1, 0.15) is 48.8 Å². The van der Waals surface area contributed by atoms with Crippen LogP contribution >= 0.6 is 11.8 Å². The Morgan fingerprint density at radius 1 is 1.28 bits per heavy atom. The van der Waals surface area contributed by atoms with Gasteiger partial charge in [-0.15, -0.1) is 11.8 Å². The average molecular weight is 457 g/mol. The first-order valence-electron chi connectivity index (χ1n) is 11.7. The maximum Gasteiger partial charge on any atom is 0.269 e. The maximum atomic E-state index is 12.6. The van der Waals surface area contributed by atoms with E-state index < -0.39 is 0 Å². The summed E-state index contributed by atoms with van der Waals surface area (Å²) in [5, 5.41) is 7.45. The number of nitrogens with zero attached hydrogens (tertiary/aromatic N) is 3. The normalized spacial score (nSPS) is 23.8. The number of aromatic nitrogens is 2. The quantitative estimate of drug-likeness (QED) is 0.575. The van der Waals surface area contributed by atoms with Crippen LogP contribution in [0.4, 0.5) is 0 Å². The predicted molar refractivity (Wildman–Crippen MR) is 129 cm³/mol. The Kier molecular flexibility index (Phi) is 7.46. The van der Waals surface area contributed by atoms with E-state index in [2.05, 4.69) is 34.4 Å². The highest BCUT2D eigenvalue weighted by atomic mass is 32.2. The highest BCUT2D eigenvalue weighted by Crippen LogP contribution is 2.39. The molecule has 4 atom stereocenters. The molecule has 0 saturated carbocycles. The number of methoxy groups -OCH3 is 1. The molecule has 32 heavy (non-hydrogen) atoms. The first-order chi connectivity index (χ1) is 15.4. The van der Waals surface area contributed by atoms with Crippen LogP contribution in [0, 0.1) is 18.8 Å². The molecule has 1 aromatic carbocycles. The Hall–Kier alpha value is -1.99. The summed E-state index contributed by atoms with van der Waals surface area (Å²) >= 11 is 1.90. The molecule has 3 heterocycles. The van der Waals surface area contributed by atoms with Gasteiger partial charge in [0.25, 0.3) is 5.91 Å². The highest BCUT2D eigenvalue weighted by Gasteiger charge is 2.40. The van der Waals surface area contributed by atoms with Crippen LogP contribution in [0.5, 0.6) is 5.75 Å². The van der Waals surface area contributed by atoms with Gasteiger partial charge in [0.15, 0.2) is 0 Å². The number of para-hydroxylation sites is 1. The second-order valence-corrected chi connectivity index (χ2v) is 10.6. The molecular formula is C25H36N4O2S. The van der Waals surface area contributed by atoms with Crippen molar-refractivity contribution in [2.24, 2.45) is 18.9 Å². The van der Waals surface area contributed by atoms with Gasteiger partial charge in [-0.25, -0.2) is 0 Å². The van der Waals surface area contributed by atoms with Crippen LogP contribution in [0.15, 0.2) is 35.2 Å². The molecule has 4 rings (SSSR count). The first-order valence-corrected chi connectivity index (χ1v) is 12.7. The lowest BCUT2D eigenvalue weighted by Gasteiger charge is -2.40. The Balaban J connectivity index is 1.25. The summed E-state index contributed by atoms with van der Waals surface area (Å²) in [7, 11) is 3.57. The Bertz CT molecular complexity index is 916. The minimum atomic E-state index is -0.00939. The van der Waals surface area contributed by atoms with E-state index in [1.807, 2.05) is 43.9 Å². The molecule has 0 unspecified atom stereocenters. The number of benzene rings is 1. The van der Waals surface area contributed by atoms with Crippen LogP contribution < -0.4 is 10.1 Å². The molecule has 1 aromatic heterocycles. The monoisotopic (exact) mass is 456 g/mol. The Morgan fingerprint density at radius 3 is 2.66 bits per heavy atom. The van der Waals surface area contributed by atoms with Crippen molar-refractivity contribution < 1.29 is 9.53 Å². The molecule has 0 spiro atoms. The van der Waals surface area contributed by atoms with E-state index in [9.17, 15) is 4.79 Å². The fourth-order valence-corrected chi connectivity index (χ4v) is 6.42. The Labute approximate surface area is 196 Å². The third-order valence-electron chi connectivity index (χ3n) is 6.88. The van der Waals surface area contributed by atoms with Gasteiger partial charge in [-0.1, -0.05) is 19.1 Å². The second kappa shape index (κ2) is 10.3. The molecule has 1 amide bonds. The van der Waals surface area contributed by atoms with Crippen molar-refractivity contribution in [3.05, 3.63) is 41.7 Å². The van der Waals surface area contributed by atoms with E-state index in [0.29, 0.717) is 29.6 Å². The molecule has 2 fully saturated rings. The number of aryl methyl sites for hydroxylation is 2. The summed E-state index contributed by atoms with van der Waals surface area (Å²) in [4.78, 5) is 16.5. The largest absolute Gasteiger partial charge is 0.496 e. The topological polar surface area (TPSA) is 59.4 Å². The van der Waals surface area contributed by atoms with Crippen molar-refractivity contribution in [3.63, 3.8) is 0 Å².